The number of carbonyl (C=O) groups is 1. The molecule has 1 aliphatic carbocycles. The smallest absolute Gasteiger partial charge is 0.326 e. The number of amides is 1. The summed E-state index contributed by atoms with van der Waals surface area (Å²) in [5.41, 5.74) is 6.43. The predicted octanol–water partition coefficient (Wildman–Crippen LogP) is 5.83. The van der Waals surface area contributed by atoms with Crippen LogP contribution < -0.4 is 16.4 Å². The molecule has 1 saturated carbocycles. The number of nitrogens with one attached hydrogen (secondary N) is 2. The largest absolute Gasteiger partial charge is 0.435 e. The summed E-state index contributed by atoms with van der Waals surface area (Å²) >= 11 is 0. The van der Waals surface area contributed by atoms with Crippen LogP contribution in [0.1, 0.15) is 51.8 Å². The lowest BCUT2D eigenvalue weighted by Crippen LogP contribution is -2.25. The van der Waals surface area contributed by atoms with Gasteiger partial charge in [-0.15, -0.1) is 0 Å². The van der Waals surface area contributed by atoms with Gasteiger partial charge in [-0.05, 0) is 66.3 Å². The number of halogens is 4. The van der Waals surface area contributed by atoms with Gasteiger partial charge in [0.1, 0.15) is 11.5 Å². The maximum Gasteiger partial charge on any atom is 0.435 e. The summed E-state index contributed by atoms with van der Waals surface area (Å²) in [7, 11) is 0. The van der Waals surface area contributed by atoms with Crippen molar-refractivity contribution in [2.24, 2.45) is 11.7 Å². The Bertz CT molecular complexity index is 1460. The topological polar surface area (TPSA) is 85.0 Å². The highest BCUT2D eigenvalue weighted by Gasteiger charge is 2.36. The second-order valence-corrected chi connectivity index (χ2v) is 9.59. The van der Waals surface area contributed by atoms with Crippen LogP contribution in [-0.4, -0.2) is 22.2 Å². The summed E-state index contributed by atoms with van der Waals surface area (Å²) in [6.45, 7) is 0.942. The molecule has 4 N–H and O–H groups in total. The Morgan fingerprint density at radius 1 is 1.00 bits per heavy atom. The number of anilines is 1. The minimum Gasteiger partial charge on any atom is -0.326 e. The van der Waals surface area contributed by atoms with Crippen LogP contribution in [-0.2, 0) is 12.7 Å². The zero-order chi connectivity index (χ0) is 27.6. The van der Waals surface area contributed by atoms with Gasteiger partial charge in [0.2, 0.25) is 0 Å². The van der Waals surface area contributed by atoms with Crippen molar-refractivity contribution in [2.45, 2.75) is 31.6 Å². The van der Waals surface area contributed by atoms with Gasteiger partial charge in [-0.1, -0.05) is 48.5 Å². The Balaban J connectivity index is 1.48. The highest BCUT2D eigenvalue weighted by molar-refractivity contribution is 6.03. The van der Waals surface area contributed by atoms with Crippen molar-refractivity contribution in [3.8, 4) is 5.69 Å². The van der Waals surface area contributed by atoms with Gasteiger partial charge in [0.25, 0.3) is 5.91 Å². The van der Waals surface area contributed by atoms with Crippen molar-refractivity contribution in [1.29, 1.82) is 0 Å². The lowest BCUT2D eigenvalue weighted by Gasteiger charge is -2.21. The normalized spacial score (nSPS) is 14.3. The zero-order valence-electron chi connectivity index (χ0n) is 20.9. The van der Waals surface area contributed by atoms with Crippen LogP contribution in [0.4, 0.5) is 23.2 Å². The molecule has 1 amide bonds. The van der Waals surface area contributed by atoms with Crippen molar-refractivity contribution in [3.05, 3.63) is 113 Å². The van der Waals surface area contributed by atoms with E-state index in [1.54, 1.807) is 24.3 Å². The molecule has 10 heteroatoms. The third-order valence-corrected chi connectivity index (χ3v) is 6.64. The molecule has 5 rings (SSSR count). The summed E-state index contributed by atoms with van der Waals surface area (Å²) in [6.07, 6.45) is -2.48. The maximum atomic E-state index is 14.9. The van der Waals surface area contributed by atoms with E-state index in [-0.39, 0.29) is 24.0 Å². The predicted molar refractivity (Wildman–Crippen MR) is 140 cm³/mol. The van der Waals surface area contributed by atoms with Crippen molar-refractivity contribution < 1.29 is 22.4 Å². The second kappa shape index (κ2) is 11.0. The summed E-state index contributed by atoms with van der Waals surface area (Å²) in [6, 6.07) is 20.8. The first-order valence-corrected chi connectivity index (χ1v) is 12.6. The van der Waals surface area contributed by atoms with Gasteiger partial charge in [0, 0.05) is 12.6 Å². The molecule has 1 aromatic heterocycles. The maximum absolute atomic E-state index is 14.9. The molecule has 0 radical (unpaired) electrons. The number of alkyl halides is 3. The molecule has 1 aliphatic rings. The molecule has 1 atom stereocenters. The minimum absolute atomic E-state index is 0.149. The van der Waals surface area contributed by atoms with Gasteiger partial charge < -0.3 is 16.4 Å². The number of aromatic nitrogens is 2. The molecule has 0 bridgehead atoms. The van der Waals surface area contributed by atoms with E-state index in [4.69, 9.17) is 5.73 Å². The fraction of sp³-hybridized carbons (Fsp3) is 0.241. The van der Waals surface area contributed by atoms with Crippen molar-refractivity contribution in [3.63, 3.8) is 0 Å². The Morgan fingerprint density at radius 2 is 1.77 bits per heavy atom. The number of nitrogens with two attached hydrogens (primary N) is 1. The molecule has 39 heavy (non-hydrogen) atoms. The number of hydrogen-bond acceptors (Lipinski definition) is 4. The van der Waals surface area contributed by atoms with E-state index >= 15 is 0 Å². The lowest BCUT2D eigenvalue weighted by molar-refractivity contribution is -0.141. The first kappa shape index (κ1) is 26.6. The monoisotopic (exact) mass is 537 g/mol. The van der Waals surface area contributed by atoms with E-state index in [1.807, 2.05) is 30.3 Å². The van der Waals surface area contributed by atoms with Gasteiger partial charge in [-0.3, -0.25) is 4.79 Å². The molecule has 0 aliphatic heterocycles. The van der Waals surface area contributed by atoms with Crippen LogP contribution in [0, 0.1) is 11.7 Å². The van der Waals surface area contributed by atoms with E-state index in [1.165, 1.54) is 18.2 Å². The third kappa shape index (κ3) is 6.18. The number of rotatable bonds is 9. The summed E-state index contributed by atoms with van der Waals surface area (Å²) in [5.74, 6) is -1.06. The van der Waals surface area contributed by atoms with Crippen LogP contribution in [0.25, 0.3) is 5.69 Å². The molecule has 4 aromatic rings. The Morgan fingerprint density at radius 3 is 2.46 bits per heavy atom. The third-order valence-electron chi connectivity index (χ3n) is 6.64. The highest BCUT2D eigenvalue weighted by atomic mass is 19.4. The molecule has 0 saturated heterocycles. The van der Waals surface area contributed by atoms with Crippen molar-refractivity contribution in [2.75, 3.05) is 11.9 Å². The van der Waals surface area contributed by atoms with Gasteiger partial charge in [0.05, 0.1) is 17.4 Å². The van der Waals surface area contributed by atoms with E-state index in [2.05, 4.69) is 15.7 Å². The van der Waals surface area contributed by atoms with E-state index in [9.17, 15) is 22.4 Å². The number of hydrogen-bond donors (Lipinski definition) is 3. The molecule has 0 spiro atoms. The van der Waals surface area contributed by atoms with Crippen LogP contribution >= 0.6 is 0 Å². The fourth-order valence-corrected chi connectivity index (χ4v) is 4.38. The van der Waals surface area contributed by atoms with Crippen LogP contribution in [0.2, 0.25) is 0 Å². The van der Waals surface area contributed by atoms with Gasteiger partial charge in [0.15, 0.2) is 5.69 Å². The minimum atomic E-state index is -4.78. The van der Waals surface area contributed by atoms with Crippen LogP contribution in [0.15, 0.2) is 78.9 Å². The summed E-state index contributed by atoms with van der Waals surface area (Å²) in [4.78, 5) is 13.3. The quantitative estimate of drug-likeness (QED) is 0.235. The van der Waals surface area contributed by atoms with E-state index < -0.39 is 29.3 Å². The van der Waals surface area contributed by atoms with Gasteiger partial charge >= 0.3 is 6.18 Å². The molecule has 1 heterocycles. The number of carbonyl (C=O) groups excluding carboxylic acids is 1. The fourth-order valence-electron chi connectivity index (χ4n) is 4.38. The molecular weight excluding hydrogens is 510 g/mol. The van der Waals surface area contributed by atoms with Crippen LogP contribution in [0.3, 0.4) is 0 Å². The first-order valence-electron chi connectivity index (χ1n) is 12.6. The van der Waals surface area contributed by atoms with Gasteiger partial charge in [-0.2, -0.15) is 18.3 Å². The second-order valence-electron chi connectivity index (χ2n) is 9.59. The molecule has 6 nitrogen and oxygen atoms in total. The van der Waals surface area contributed by atoms with Gasteiger partial charge in [-0.25, -0.2) is 9.07 Å². The molecular formula is C29H27F4N5O. The number of benzene rings is 3. The molecule has 0 unspecified atom stereocenters. The average molecular weight is 538 g/mol. The number of nitrogens with zero attached hydrogens (tertiary/aromatic N) is 2. The Hall–Kier alpha value is -4.02. The standard InChI is InChI=1S/C29H27F4N5O/c30-23-12-11-21(27(35-17-18-9-10-18)20-6-2-1-3-7-20)14-24(23)36-28(39)25-15-26(29(31,32)33)37-38(25)22-8-4-5-19(13-22)16-34/h1-8,11-15,18,27,35H,9-10,16-17,34H2,(H,36,39)/t27-/m1/s1. The molecule has 3 aromatic carbocycles. The Kier molecular flexibility index (Phi) is 7.49. The highest BCUT2D eigenvalue weighted by Crippen LogP contribution is 2.32. The average Bonchev–Trinajstić information content (AvgIpc) is 3.64. The zero-order valence-corrected chi connectivity index (χ0v) is 20.9. The molecule has 1 fully saturated rings. The van der Waals surface area contributed by atoms with E-state index in [0.29, 0.717) is 23.1 Å². The first-order chi connectivity index (χ1) is 18.7. The lowest BCUT2D eigenvalue weighted by atomic mass is 9.97. The summed E-state index contributed by atoms with van der Waals surface area (Å²) in [5, 5.41) is 9.61. The van der Waals surface area contributed by atoms with Crippen molar-refractivity contribution in [1.82, 2.24) is 15.1 Å². The molecule has 202 valence electrons. The van der Waals surface area contributed by atoms with E-state index in [0.717, 1.165) is 29.6 Å². The SMILES string of the molecule is NCc1cccc(-n2nc(C(F)(F)F)cc2C(=O)Nc2cc([C@H](NCC3CC3)c3ccccc3)ccc2F)c1. The Labute approximate surface area is 222 Å². The van der Waals surface area contributed by atoms with Crippen LogP contribution in [0.5, 0.6) is 0 Å². The van der Waals surface area contributed by atoms with Crippen molar-refractivity contribution >= 4 is 11.6 Å². The summed E-state index contributed by atoms with van der Waals surface area (Å²) < 4.78 is 56.4.